The van der Waals surface area contributed by atoms with Crippen molar-refractivity contribution in [2.45, 2.75) is 52.2 Å². The molecule has 1 amide bonds. The zero-order valence-electron chi connectivity index (χ0n) is 14.7. The third-order valence-electron chi connectivity index (χ3n) is 3.86. The highest BCUT2D eigenvalue weighted by Gasteiger charge is 2.29. The predicted molar refractivity (Wildman–Crippen MR) is 89.5 cm³/mol. The highest BCUT2D eigenvalue weighted by molar-refractivity contribution is 5.68. The molecule has 2 aliphatic rings. The molecule has 0 aromatic carbocycles. The van der Waals surface area contributed by atoms with Crippen LogP contribution in [0.25, 0.3) is 0 Å². The Labute approximate surface area is 138 Å². The first-order valence-corrected chi connectivity index (χ1v) is 8.34. The Balaban J connectivity index is 1.92. The van der Waals surface area contributed by atoms with Crippen molar-refractivity contribution >= 4 is 6.09 Å². The van der Waals surface area contributed by atoms with Crippen molar-refractivity contribution < 1.29 is 14.3 Å². The normalized spacial score (nSPS) is 22.3. The monoisotopic (exact) mass is 323 g/mol. The number of likely N-dealkylation sites (tertiary alicyclic amines) is 1. The summed E-state index contributed by atoms with van der Waals surface area (Å²) >= 11 is 0. The molecule has 1 atom stereocenters. The molecule has 6 heteroatoms. The van der Waals surface area contributed by atoms with Crippen LogP contribution in [0.2, 0.25) is 0 Å². The molecule has 0 radical (unpaired) electrons. The zero-order valence-corrected chi connectivity index (χ0v) is 14.7. The number of nitrogens with zero attached hydrogens (tertiary/aromatic N) is 2. The number of amides is 1. The van der Waals surface area contributed by atoms with Gasteiger partial charge < -0.3 is 25.0 Å². The molecule has 6 nitrogen and oxygen atoms in total. The standard InChI is InChI=1S/C17H29N3O3/c1-5-19-10-8-15(14(18)12-19)22-13-7-6-9-20(11-13)16(21)23-17(2,3)4/h8,10,13H,5-7,9,11-12,18H2,1-4H3/t13-/m1/s1. The van der Waals surface area contributed by atoms with E-state index in [1.54, 1.807) is 4.90 Å². The third kappa shape index (κ3) is 5.08. The van der Waals surface area contributed by atoms with E-state index in [9.17, 15) is 4.79 Å². The van der Waals surface area contributed by atoms with Crippen molar-refractivity contribution in [2.24, 2.45) is 5.73 Å². The maximum Gasteiger partial charge on any atom is 0.410 e. The Morgan fingerprint density at radius 2 is 2.17 bits per heavy atom. The van der Waals surface area contributed by atoms with E-state index in [0.29, 0.717) is 19.6 Å². The minimum atomic E-state index is -0.479. The number of carbonyl (C=O) groups is 1. The lowest BCUT2D eigenvalue weighted by molar-refractivity contribution is -0.00247. The van der Waals surface area contributed by atoms with Crippen LogP contribution in [0, 0.1) is 0 Å². The van der Waals surface area contributed by atoms with Crippen LogP contribution in [-0.2, 0) is 9.47 Å². The molecule has 0 spiro atoms. The van der Waals surface area contributed by atoms with Gasteiger partial charge in [-0.15, -0.1) is 0 Å². The van der Waals surface area contributed by atoms with E-state index >= 15 is 0 Å². The molecule has 2 N–H and O–H groups in total. The van der Waals surface area contributed by atoms with Gasteiger partial charge in [0.15, 0.2) is 0 Å². The van der Waals surface area contributed by atoms with Crippen molar-refractivity contribution in [3.8, 4) is 0 Å². The molecular formula is C17H29N3O3. The summed E-state index contributed by atoms with van der Waals surface area (Å²) in [6.45, 7) is 10.6. The van der Waals surface area contributed by atoms with E-state index in [1.165, 1.54) is 0 Å². The Morgan fingerprint density at radius 1 is 1.43 bits per heavy atom. The highest BCUT2D eigenvalue weighted by atomic mass is 16.6. The summed E-state index contributed by atoms with van der Waals surface area (Å²) in [5.41, 5.74) is 6.36. The van der Waals surface area contributed by atoms with E-state index in [0.717, 1.165) is 30.8 Å². The molecule has 1 saturated heterocycles. The number of hydrogen-bond donors (Lipinski definition) is 1. The summed E-state index contributed by atoms with van der Waals surface area (Å²) in [5.74, 6) is 0.728. The fourth-order valence-corrected chi connectivity index (χ4v) is 2.67. The largest absolute Gasteiger partial charge is 0.487 e. The summed E-state index contributed by atoms with van der Waals surface area (Å²) in [4.78, 5) is 16.0. The molecule has 0 aliphatic carbocycles. The molecule has 0 unspecified atom stereocenters. The lowest BCUT2D eigenvalue weighted by Crippen LogP contribution is -2.45. The van der Waals surface area contributed by atoms with Gasteiger partial charge in [0.25, 0.3) is 0 Å². The maximum absolute atomic E-state index is 12.2. The first-order valence-electron chi connectivity index (χ1n) is 8.34. The molecule has 0 aromatic rings. The van der Waals surface area contributed by atoms with Crippen LogP contribution in [0.1, 0.15) is 40.5 Å². The van der Waals surface area contributed by atoms with Crippen LogP contribution in [0.4, 0.5) is 4.79 Å². The van der Waals surface area contributed by atoms with Crippen molar-refractivity contribution in [1.29, 1.82) is 0 Å². The van der Waals surface area contributed by atoms with E-state index in [-0.39, 0.29) is 12.2 Å². The summed E-state index contributed by atoms with van der Waals surface area (Å²) in [5, 5.41) is 0. The number of hydrogen-bond acceptors (Lipinski definition) is 5. The summed E-state index contributed by atoms with van der Waals surface area (Å²) in [6, 6.07) is 0. The topological polar surface area (TPSA) is 68.0 Å². The first-order chi connectivity index (χ1) is 10.8. The van der Waals surface area contributed by atoms with E-state index < -0.39 is 5.60 Å². The Hall–Kier alpha value is -1.85. The number of allylic oxidation sites excluding steroid dienone is 1. The minimum absolute atomic E-state index is 0.0392. The second kappa shape index (κ2) is 7.15. The number of rotatable bonds is 3. The van der Waals surface area contributed by atoms with Crippen LogP contribution in [-0.4, -0.2) is 53.8 Å². The molecule has 0 saturated carbocycles. The number of likely N-dealkylation sites (N-methyl/N-ethyl adjacent to an activating group) is 1. The third-order valence-corrected chi connectivity index (χ3v) is 3.86. The molecule has 2 heterocycles. The molecular weight excluding hydrogens is 294 g/mol. The van der Waals surface area contributed by atoms with Crippen LogP contribution in [0.5, 0.6) is 0 Å². The number of ether oxygens (including phenoxy) is 2. The fraction of sp³-hybridized carbons (Fsp3) is 0.706. The number of carbonyl (C=O) groups excluding carboxylic acids is 1. The lowest BCUT2D eigenvalue weighted by atomic mass is 10.1. The van der Waals surface area contributed by atoms with Gasteiger partial charge >= 0.3 is 6.09 Å². The van der Waals surface area contributed by atoms with Crippen molar-refractivity contribution in [3.63, 3.8) is 0 Å². The molecule has 2 rings (SSSR count). The van der Waals surface area contributed by atoms with Crippen LogP contribution in [0.15, 0.2) is 23.7 Å². The SMILES string of the molecule is CCN1C=CC(O[C@@H]2CCCN(C(=O)OC(C)(C)C)C2)=C(N)C1. The molecule has 0 aromatic heterocycles. The molecule has 0 bridgehead atoms. The first kappa shape index (κ1) is 17.5. The smallest absolute Gasteiger partial charge is 0.410 e. The van der Waals surface area contributed by atoms with Gasteiger partial charge in [0.1, 0.15) is 17.5 Å². The van der Waals surface area contributed by atoms with Crippen LogP contribution < -0.4 is 5.73 Å². The fourth-order valence-electron chi connectivity index (χ4n) is 2.67. The van der Waals surface area contributed by atoms with Gasteiger partial charge in [0.2, 0.25) is 0 Å². The van der Waals surface area contributed by atoms with Gasteiger partial charge in [-0.1, -0.05) is 0 Å². The van der Waals surface area contributed by atoms with Gasteiger partial charge in [-0.05, 0) is 46.6 Å². The predicted octanol–water partition coefficient (Wildman–Crippen LogP) is 2.42. The van der Waals surface area contributed by atoms with Gasteiger partial charge in [-0.2, -0.15) is 0 Å². The zero-order chi connectivity index (χ0) is 17.0. The molecule has 23 heavy (non-hydrogen) atoms. The number of piperidine rings is 1. The van der Waals surface area contributed by atoms with Crippen molar-refractivity contribution in [1.82, 2.24) is 9.80 Å². The van der Waals surface area contributed by atoms with Crippen LogP contribution >= 0.6 is 0 Å². The second-order valence-electron chi connectivity index (χ2n) is 7.08. The maximum atomic E-state index is 12.2. The van der Waals surface area contributed by atoms with E-state index in [4.69, 9.17) is 15.2 Å². The quantitative estimate of drug-likeness (QED) is 0.864. The Morgan fingerprint density at radius 3 is 2.78 bits per heavy atom. The van der Waals surface area contributed by atoms with Gasteiger partial charge in [0, 0.05) is 19.3 Å². The average molecular weight is 323 g/mol. The Kier molecular flexibility index (Phi) is 5.44. The lowest BCUT2D eigenvalue weighted by Gasteiger charge is -2.35. The van der Waals surface area contributed by atoms with Gasteiger partial charge in [-0.3, -0.25) is 0 Å². The summed E-state index contributed by atoms with van der Waals surface area (Å²) in [7, 11) is 0. The molecule has 2 aliphatic heterocycles. The highest BCUT2D eigenvalue weighted by Crippen LogP contribution is 2.21. The van der Waals surface area contributed by atoms with Crippen molar-refractivity contribution in [2.75, 3.05) is 26.2 Å². The van der Waals surface area contributed by atoms with E-state index in [2.05, 4.69) is 11.8 Å². The molecule has 1 fully saturated rings. The molecule has 130 valence electrons. The van der Waals surface area contributed by atoms with Crippen molar-refractivity contribution in [3.05, 3.63) is 23.7 Å². The minimum Gasteiger partial charge on any atom is -0.487 e. The summed E-state index contributed by atoms with van der Waals surface area (Å²) < 4.78 is 11.5. The Bertz CT molecular complexity index is 494. The second-order valence-corrected chi connectivity index (χ2v) is 7.08. The van der Waals surface area contributed by atoms with Gasteiger partial charge in [-0.25, -0.2) is 4.79 Å². The van der Waals surface area contributed by atoms with Gasteiger partial charge in [0.05, 0.1) is 18.8 Å². The average Bonchev–Trinajstić information content (AvgIpc) is 2.48. The van der Waals surface area contributed by atoms with E-state index in [1.807, 2.05) is 33.0 Å². The number of nitrogens with two attached hydrogens (primary N) is 1. The van der Waals surface area contributed by atoms with Crippen LogP contribution in [0.3, 0.4) is 0 Å². The summed E-state index contributed by atoms with van der Waals surface area (Å²) in [6.07, 6.45) is 5.42.